The van der Waals surface area contributed by atoms with Gasteiger partial charge in [0.1, 0.15) is 22.3 Å². The molecule has 12 rings (SSSR count). The number of thiophene rings is 1. The molecule has 5 nitrogen and oxygen atoms in total. The summed E-state index contributed by atoms with van der Waals surface area (Å²) < 4.78 is 15.4. The van der Waals surface area contributed by atoms with Crippen molar-refractivity contribution >= 4 is 75.4 Å². The Morgan fingerprint density at radius 2 is 0.895 bits per heavy atom. The maximum atomic E-state index is 6.59. The van der Waals surface area contributed by atoms with Crippen molar-refractivity contribution in [1.29, 1.82) is 0 Å². The molecule has 8 aromatic carbocycles. The van der Waals surface area contributed by atoms with E-state index < -0.39 is 0 Å². The average molecular weight is 748 g/mol. The first-order valence-electron chi connectivity index (χ1n) is 18.9. The second-order valence-electron chi connectivity index (χ2n) is 14.4. The molecule has 0 saturated heterocycles. The summed E-state index contributed by atoms with van der Waals surface area (Å²) >= 11 is 1.82. The summed E-state index contributed by atoms with van der Waals surface area (Å²) in [5, 5.41) is 6.78. The van der Waals surface area contributed by atoms with Crippen molar-refractivity contribution in [3.05, 3.63) is 176 Å². The maximum absolute atomic E-state index is 6.59. The van der Waals surface area contributed by atoms with Crippen LogP contribution in [0.1, 0.15) is 0 Å². The van der Waals surface area contributed by atoms with E-state index in [1.54, 1.807) is 0 Å². The van der Waals surface area contributed by atoms with Crippen LogP contribution in [-0.2, 0) is 0 Å². The Hall–Kier alpha value is -7.41. The zero-order valence-electron chi connectivity index (χ0n) is 30.3. The summed E-state index contributed by atoms with van der Waals surface area (Å²) in [5.41, 5.74) is 10.4. The monoisotopic (exact) mass is 747 g/mol. The summed E-state index contributed by atoms with van der Waals surface area (Å²) in [5.74, 6) is 1.71. The SMILES string of the molecule is c1ccc(-c2ccc3sc4cc(-c5cc(-c6nc(-c7ccccc7)nc(-c7ccc8c(c7)oc7ccccc78)n6)cc6oc7ccccc7c56)ccc4c3c2)cc1. The molecule has 0 aliphatic heterocycles. The number of aromatic nitrogens is 3. The third-order valence-corrected chi connectivity index (χ3v) is 12.1. The molecule has 4 heterocycles. The highest BCUT2D eigenvalue weighted by atomic mass is 32.1. The van der Waals surface area contributed by atoms with Gasteiger partial charge in [0.2, 0.25) is 0 Å². The van der Waals surface area contributed by atoms with E-state index in [1.165, 1.54) is 31.3 Å². The molecule has 4 aromatic heterocycles. The Labute approximate surface area is 330 Å². The average Bonchev–Trinajstić information content (AvgIpc) is 3.97. The van der Waals surface area contributed by atoms with Gasteiger partial charge in [-0.3, -0.25) is 0 Å². The quantitative estimate of drug-likeness (QED) is 0.175. The van der Waals surface area contributed by atoms with Gasteiger partial charge in [0, 0.05) is 58.4 Å². The van der Waals surface area contributed by atoms with E-state index in [1.807, 2.05) is 78.1 Å². The summed E-state index contributed by atoms with van der Waals surface area (Å²) in [7, 11) is 0. The van der Waals surface area contributed by atoms with E-state index in [0.29, 0.717) is 17.5 Å². The van der Waals surface area contributed by atoms with Gasteiger partial charge in [-0.25, -0.2) is 15.0 Å². The number of hydrogen-bond acceptors (Lipinski definition) is 6. The minimum Gasteiger partial charge on any atom is -0.456 e. The van der Waals surface area contributed by atoms with Crippen LogP contribution in [0.2, 0.25) is 0 Å². The summed E-state index contributed by atoms with van der Waals surface area (Å²) in [4.78, 5) is 15.3. The first-order valence-corrected chi connectivity index (χ1v) is 19.7. The molecule has 0 aliphatic carbocycles. The van der Waals surface area contributed by atoms with Crippen LogP contribution >= 0.6 is 11.3 Å². The van der Waals surface area contributed by atoms with Crippen LogP contribution in [0.15, 0.2) is 185 Å². The molecule has 12 aromatic rings. The van der Waals surface area contributed by atoms with Crippen LogP contribution in [-0.4, -0.2) is 15.0 Å². The van der Waals surface area contributed by atoms with Crippen LogP contribution in [0.25, 0.3) is 120 Å². The Kier molecular flexibility index (Phi) is 7.03. The molecular formula is C51H29N3O2S. The van der Waals surface area contributed by atoms with Crippen LogP contribution < -0.4 is 0 Å². The number of fused-ring (bicyclic) bond motifs is 9. The van der Waals surface area contributed by atoms with Crippen molar-refractivity contribution in [1.82, 2.24) is 15.0 Å². The molecule has 0 amide bonds. The minimum atomic E-state index is 0.559. The lowest BCUT2D eigenvalue weighted by atomic mass is 9.95. The summed E-state index contributed by atoms with van der Waals surface area (Å²) in [6.07, 6.45) is 0. The molecule has 266 valence electrons. The molecule has 0 atom stereocenters. The zero-order chi connectivity index (χ0) is 37.5. The number of furan rings is 2. The highest BCUT2D eigenvalue weighted by Crippen LogP contribution is 2.43. The topological polar surface area (TPSA) is 65.0 Å². The zero-order valence-corrected chi connectivity index (χ0v) is 31.1. The van der Waals surface area contributed by atoms with E-state index in [2.05, 4.69) is 109 Å². The van der Waals surface area contributed by atoms with Crippen LogP contribution in [0.3, 0.4) is 0 Å². The molecule has 0 fully saturated rings. The van der Waals surface area contributed by atoms with Gasteiger partial charge in [-0.1, -0.05) is 121 Å². The Morgan fingerprint density at radius 1 is 0.316 bits per heavy atom. The second kappa shape index (κ2) is 12.6. The molecule has 0 radical (unpaired) electrons. The van der Waals surface area contributed by atoms with Crippen LogP contribution in [0, 0.1) is 0 Å². The lowest BCUT2D eigenvalue weighted by molar-refractivity contribution is 0.668. The molecule has 0 spiro atoms. The largest absolute Gasteiger partial charge is 0.456 e. The fraction of sp³-hybridized carbons (Fsp3) is 0. The molecule has 57 heavy (non-hydrogen) atoms. The smallest absolute Gasteiger partial charge is 0.164 e. The van der Waals surface area contributed by atoms with E-state index in [-0.39, 0.29) is 0 Å². The van der Waals surface area contributed by atoms with Crippen molar-refractivity contribution in [3.8, 4) is 56.4 Å². The molecule has 6 heteroatoms. The third-order valence-electron chi connectivity index (χ3n) is 10.9. The van der Waals surface area contributed by atoms with E-state index >= 15 is 0 Å². The van der Waals surface area contributed by atoms with Gasteiger partial charge in [0.05, 0.1) is 0 Å². The fourth-order valence-corrected chi connectivity index (χ4v) is 9.31. The van der Waals surface area contributed by atoms with Gasteiger partial charge in [-0.05, 0) is 76.9 Å². The van der Waals surface area contributed by atoms with Gasteiger partial charge >= 0.3 is 0 Å². The van der Waals surface area contributed by atoms with Crippen molar-refractivity contribution < 1.29 is 8.83 Å². The van der Waals surface area contributed by atoms with Gasteiger partial charge in [0.25, 0.3) is 0 Å². The van der Waals surface area contributed by atoms with Gasteiger partial charge < -0.3 is 8.83 Å². The first-order chi connectivity index (χ1) is 28.2. The van der Waals surface area contributed by atoms with Gasteiger partial charge in [-0.15, -0.1) is 11.3 Å². The number of para-hydroxylation sites is 2. The standard InChI is InChI=1S/C51H29N3O2S/c1-3-11-30(12-4-1)32-21-24-46-41(25-32)38-23-19-33(29-47(38)57-46)40-26-35(28-45-48(40)39-16-8-10-18-43(39)56-45)51-53-49(31-13-5-2-6-14-31)52-50(54-51)34-20-22-37-36-15-7-9-17-42(36)55-44(37)27-34/h1-29H. The number of benzene rings is 8. The molecule has 0 saturated carbocycles. The van der Waals surface area contributed by atoms with Gasteiger partial charge in [-0.2, -0.15) is 0 Å². The molecule has 0 unspecified atom stereocenters. The Balaban J connectivity index is 1.06. The lowest BCUT2D eigenvalue weighted by Crippen LogP contribution is -2.00. The number of nitrogens with zero attached hydrogens (tertiary/aromatic N) is 3. The minimum absolute atomic E-state index is 0.559. The van der Waals surface area contributed by atoms with E-state index in [9.17, 15) is 0 Å². The van der Waals surface area contributed by atoms with Crippen molar-refractivity contribution in [2.75, 3.05) is 0 Å². The van der Waals surface area contributed by atoms with E-state index in [4.69, 9.17) is 23.8 Å². The van der Waals surface area contributed by atoms with Crippen LogP contribution in [0.4, 0.5) is 0 Å². The third kappa shape index (κ3) is 5.26. The second-order valence-corrected chi connectivity index (χ2v) is 15.5. The van der Waals surface area contributed by atoms with Crippen molar-refractivity contribution in [2.24, 2.45) is 0 Å². The molecule has 0 bridgehead atoms. The molecule has 0 N–H and O–H groups in total. The normalized spacial score (nSPS) is 11.9. The van der Waals surface area contributed by atoms with Crippen molar-refractivity contribution in [3.63, 3.8) is 0 Å². The van der Waals surface area contributed by atoms with Gasteiger partial charge in [0.15, 0.2) is 17.5 Å². The maximum Gasteiger partial charge on any atom is 0.164 e. The molecular weight excluding hydrogens is 719 g/mol. The molecule has 0 aliphatic rings. The predicted octanol–water partition coefficient (Wildman–Crippen LogP) is 14.4. The number of rotatable bonds is 5. The first kappa shape index (κ1) is 31.9. The Morgan fingerprint density at radius 3 is 1.70 bits per heavy atom. The highest BCUT2D eigenvalue weighted by Gasteiger charge is 2.20. The predicted molar refractivity (Wildman–Crippen MR) is 234 cm³/mol. The Bertz CT molecular complexity index is 3530. The highest BCUT2D eigenvalue weighted by molar-refractivity contribution is 7.25. The summed E-state index contributed by atoms with van der Waals surface area (Å²) in [6.45, 7) is 0. The lowest BCUT2D eigenvalue weighted by Gasteiger charge is -2.11. The van der Waals surface area contributed by atoms with E-state index in [0.717, 1.165) is 71.7 Å². The van der Waals surface area contributed by atoms with Crippen molar-refractivity contribution in [2.45, 2.75) is 0 Å². The fourth-order valence-electron chi connectivity index (χ4n) is 8.18. The van der Waals surface area contributed by atoms with Crippen LogP contribution in [0.5, 0.6) is 0 Å². The number of hydrogen-bond donors (Lipinski definition) is 0. The summed E-state index contributed by atoms with van der Waals surface area (Å²) in [6, 6.07) is 61.1.